The summed E-state index contributed by atoms with van der Waals surface area (Å²) in [5.41, 5.74) is 9.56. The largest absolute Gasteiger partial charge is 0.507 e. The first kappa shape index (κ1) is 32.0. The van der Waals surface area contributed by atoms with E-state index in [4.69, 9.17) is 0 Å². The Labute approximate surface area is 255 Å². The lowest BCUT2D eigenvalue weighted by Crippen LogP contribution is -2.14. The lowest BCUT2D eigenvalue weighted by Gasteiger charge is -2.24. The van der Waals surface area contributed by atoms with Crippen LogP contribution in [0, 0.1) is 0 Å². The van der Waals surface area contributed by atoms with Gasteiger partial charge in [0.25, 0.3) is 0 Å². The Morgan fingerprint density at radius 3 is 0.667 bits per heavy atom. The molecule has 0 spiro atoms. The fraction of sp³-hybridized carbons (Fsp3) is 0.538. The number of phenols is 3. The third-order valence-electron chi connectivity index (χ3n) is 9.08. The number of benzene rings is 3. The molecule has 0 heterocycles. The van der Waals surface area contributed by atoms with E-state index in [9.17, 15) is 15.3 Å². The van der Waals surface area contributed by atoms with E-state index < -0.39 is 0 Å². The Hall–Kier alpha value is -2.94. The van der Waals surface area contributed by atoms with Gasteiger partial charge in [-0.15, -0.1) is 0 Å². The Morgan fingerprint density at radius 2 is 0.524 bits per heavy atom. The highest BCUT2D eigenvalue weighted by molar-refractivity contribution is 5.49. The van der Waals surface area contributed by atoms with Gasteiger partial charge in [0.1, 0.15) is 17.2 Å². The van der Waals surface area contributed by atoms with E-state index in [0.717, 1.165) is 91.2 Å². The molecule has 0 saturated carbocycles. The lowest BCUT2D eigenvalue weighted by molar-refractivity contribution is 0.450. The number of fused-ring (bicyclic) bond motifs is 6. The molecule has 0 atom stereocenters. The van der Waals surface area contributed by atoms with Gasteiger partial charge in [0.15, 0.2) is 0 Å². The first-order chi connectivity index (χ1) is 19.4. The molecular formula is C39H54O3. The molecule has 0 unspecified atom stereocenters. The first-order valence-electron chi connectivity index (χ1n) is 16.0. The van der Waals surface area contributed by atoms with Gasteiger partial charge in [-0.3, -0.25) is 0 Å². The summed E-state index contributed by atoms with van der Waals surface area (Å²) in [5.74, 6) is 1.22. The molecule has 0 radical (unpaired) electrons. The van der Waals surface area contributed by atoms with Crippen LogP contribution in [-0.2, 0) is 54.8 Å². The topological polar surface area (TPSA) is 60.7 Å². The van der Waals surface area contributed by atoms with E-state index in [0.29, 0.717) is 17.2 Å². The fourth-order valence-electron chi connectivity index (χ4n) is 6.13. The zero-order valence-corrected chi connectivity index (χ0v) is 27.7. The van der Waals surface area contributed by atoms with Crippen LogP contribution in [0.4, 0.5) is 0 Å². The normalized spacial score (nSPS) is 15.6. The van der Waals surface area contributed by atoms with Gasteiger partial charge in [-0.1, -0.05) is 98.7 Å². The van der Waals surface area contributed by atoms with Crippen molar-refractivity contribution in [2.24, 2.45) is 0 Å². The summed E-state index contributed by atoms with van der Waals surface area (Å²) in [5, 5.41) is 34.3. The highest BCUT2D eigenvalue weighted by atomic mass is 16.3. The maximum atomic E-state index is 11.4. The SMILES string of the molecule is CC(C)(C)c1cc2c(O)c(c1)CCCc1cc(C(C)(C)C)cc(c1O)CCCc1cc(C(C)(C)C)cc(c1O)CCC2. The molecule has 0 aliphatic heterocycles. The molecule has 1 aliphatic carbocycles. The molecule has 0 saturated heterocycles. The zero-order chi connectivity index (χ0) is 31.0. The lowest BCUT2D eigenvalue weighted by atomic mass is 9.81. The molecule has 3 aromatic rings. The quantitative estimate of drug-likeness (QED) is 0.252. The van der Waals surface area contributed by atoms with Gasteiger partial charge >= 0.3 is 0 Å². The number of hydrogen-bond acceptors (Lipinski definition) is 3. The molecule has 6 bridgehead atoms. The first-order valence-corrected chi connectivity index (χ1v) is 16.0. The van der Waals surface area contributed by atoms with Crippen molar-refractivity contribution in [2.45, 2.75) is 136 Å². The minimum absolute atomic E-state index is 0.0311. The maximum absolute atomic E-state index is 11.4. The van der Waals surface area contributed by atoms with Crippen molar-refractivity contribution in [3.05, 3.63) is 86.5 Å². The minimum atomic E-state index is -0.0311. The van der Waals surface area contributed by atoms with Crippen LogP contribution in [0.15, 0.2) is 36.4 Å². The number of phenolic OH excluding ortho intramolecular Hbond substituents is 3. The predicted molar refractivity (Wildman–Crippen MR) is 176 cm³/mol. The summed E-state index contributed by atoms with van der Waals surface area (Å²) in [4.78, 5) is 0. The molecule has 42 heavy (non-hydrogen) atoms. The van der Waals surface area contributed by atoms with Gasteiger partial charge in [0, 0.05) is 0 Å². The van der Waals surface area contributed by atoms with Crippen molar-refractivity contribution in [2.75, 3.05) is 0 Å². The fourth-order valence-corrected chi connectivity index (χ4v) is 6.13. The van der Waals surface area contributed by atoms with Crippen LogP contribution in [0.5, 0.6) is 17.2 Å². The second kappa shape index (κ2) is 12.0. The summed E-state index contributed by atoms with van der Waals surface area (Å²) >= 11 is 0. The Balaban J connectivity index is 1.83. The average Bonchev–Trinajstić information content (AvgIpc) is 2.86. The van der Waals surface area contributed by atoms with Crippen molar-refractivity contribution >= 4 is 0 Å². The number of rotatable bonds is 0. The maximum Gasteiger partial charge on any atom is 0.121 e. The highest BCUT2D eigenvalue weighted by Crippen LogP contribution is 2.37. The van der Waals surface area contributed by atoms with Crippen LogP contribution in [-0.4, -0.2) is 15.3 Å². The summed E-state index contributed by atoms with van der Waals surface area (Å²) in [6.07, 6.45) is 7.12. The van der Waals surface area contributed by atoms with E-state index in [1.807, 2.05) is 0 Å². The second-order valence-corrected chi connectivity index (χ2v) is 15.7. The van der Waals surface area contributed by atoms with Crippen molar-refractivity contribution in [1.82, 2.24) is 0 Å². The molecule has 0 fully saturated rings. The molecule has 4 rings (SSSR count). The smallest absolute Gasteiger partial charge is 0.121 e. The van der Waals surface area contributed by atoms with E-state index in [2.05, 4.69) is 98.7 Å². The molecule has 228 valence electrons. The van der Waals surface area contributed by atoms with Gasteiger partial charge in [0.05, 0.1) is 0 Å². The highest BCUT2D eigenvalue weighted by Gasteiger charge is 2.23. The number of hydrogen-bond donors (Lipinski definition) is 3. The van der Waals surface area contributed by atoms with Crippen LogP contribution in [0.2, 0.25) is 0 Å². The van der Waals surface area contributed by atoms with Crippen molar-refractivity contribution in [3.8, 4) is 17.2 Å². The van der Waals surface area contributed by atoms with Crippen molar-refractivity contribution < 1.29 is 15.3 Å². The Morgan fingerprint density at radius 1 is 0.357 bits per heavy atom. The zero-order valence-electron chi connectivity index (χ0n) is 27.7. The molecule has 3 nitrogen and oxygen atoms in total. The Bertz CT molecular complexity index is 1170. The van der Waals surface area contributed by atoms with Gasteiger partial charge in [-0.2, -0.15) is 0 Å². The molecular weight excluding hydrogens is 516 g/mol. The monoisotopic (exact) mass is 570 g/mol. The third-order valence-corrected chi connectivity index (χ3v) is 9.08. The van der Waals surface area contributed by atoms with Crippen LogP contribution in [0.1, 0.15) is 132 Å². The van der Waals surface area contributed by atoms with Crippen molar-refractivity contribution in [1.29, 1.82) is 0 Å². The van der Waals surface area contributed by atoms with Gasteiger partial charge in [-0.25, -0.2) is 0 Å². The van der Waals surface area contributed by atoms with Gasteiger partial charge < -0.3 is 15.3 Å². The van der Waals surface area contributed by atoms with E-state index in [-0.39, 0.29) is 16.2 Å². The molecule has 3 heteroatoms. The van der Waals surface area contributed by atoms with E-state index in [1.54, 1.807) is 0 Å². The molecule has 1 aliphatic rings. The Kier molecular flexibility index (Phi) is 9.12. The summed E-state index contributed by atoms with van der Waals surface area (Å²) in [6.45, 7) is 20.0. The predicted octanol–water partition coefficient (Wildman–Crippen LogP) is 9.54. The van der Waals surface area contributed by atoms with Crippen LogP contribution in [0.3, 0.4) is 0 Å². The summed E-state index contributed by atoms with van der Waals surface area (Å²) < 4.78 is 0. The number of aromatic hydroxyl groups is 3. The molecule has 3 aromatic carbocycles. The summed E-state index contributed by atoms with van der Waals surface area (Å²) in [6, 6.07) is 13.1. The molecule has 0 aromatic heterocycles. The van der Waals surface area contributed by atoms with Gasteiger partial charge in [0.2, 0.25) is 0 Å². The van der Waals surface area contributed by atoms with E-state index >= 15 is 0 Å². The molecule has 0 amide bonds. The van der Waals surface area contributed by atoms with Crippen LogP contribution >= 0.6 is 0 Å². The molecule has 3 N–H and O–H groups in total. The van der Waals surface area contributed by atoms with Crippen molar-refractivity contribution in [3.63, 3.8) is 0 Å². The minimum Gasteiger partial charge on any atom is -0.507 e. The third kappa shape index (κ3) is 7.33. The second-order valence-electron chi connectivity index (χ2n) is 15.7. The standard InChI is InChI=1S/C39H54O3/c1-37(2,3)31-19-25-13-10-15-27-21-32(38(4,5)6)23-29(35(27)41)17-12-18-30-24-33(39(7,8)9)22-28(36(30)42)16-11-14-26(20-31)34(25)40/h19-24,40-42H,10-18H2,1-9H3. The van der Waals surface area contributed by atoms with Crippen LogP contribution in [0.25, 0.3) is 0 Å². The average molecular weight is 571 g/mol. The van der Waals surface area contributed by atoms with Crippen LogP contribution < -0.4 is 0 Å². The number of aryl methyl sites for hydroxylation is 6. The van der Waals surface area contributed by atoms with Gasteiger partial charge in [-0.05, 0) is 124 Å². The van der Waals surface area contributed by atoms with E-state index in [1.165, 1.54) is 16.7 Å². The summed E-state index contributed by atoms with van der Waals surface area (Å²) in [7, 11) is 0.